The van der Waals surface area contributed by atoms with Crippen molar-refractivity contribution in [2.24, 2.45) is 5.92 Å². The molecular formula is C24H28N4O3. The van der Waals surface area contributed by atoms with Gasteiger partial charge in [0.25, 0.3) is 0 Å². The Hall–Kier alpha value is -3.19. The van der Waals surface area contributed by atoms with Crippen LogP contribution in [0.1, 0.15) is 24.3 Å². The molecule has 0 spiro atoms. The summed E-state index contributed by atoms with van der Waals surface area (Å²) in [5.41, 5.74) is 2.04. The third-order valence-electron chi connectivity index (χ3n) is 5.75. The highest BCUT2D eigenvalue weighted by atomic mass is 16.5. The van der Waals surface area contributed by atoms with Crippen molar-refractivity contribution >= 4 is 5.91 Å². The Morgan fingerprint density at radius 2 is 1.84 bits per heavy atom. The summed E-state index contributed by atoms with van der Waals surface area (Å²) >= 11 is 0. The summed E-state index contributed by atoms with van der Waals surface area (Å²) in [6.07, 6.45) is 1.68. The van der Waals surface area contributed by atoms with Gasteiger partial charge in [0.1, 0.15) is 5.75 Å². The van der Waals surface area contributed by atoms with Crippen LogP contribution in [0.3, 0.4) is 0 Å². The molecule has 162 valence electrons. The lowest BCUT2D eigenvalue weighted by Gasteiger charge is -2.32. The molecule has 4 rings (SSSR count). The van der Waals surface area contributed by atoms with Crippen LogP contribution in [0.5, 0.6) is 5.75 Å². The van der Waals surface area contributed by atoms with E-state index < -0.39 is 0 Å². The van der Waals surface area contributed by atoms with Gasteiger partial charge in [-0.25, -0.2) is 0 Å². The number of piperidine rings is 1. The minimum Gasteiger partial charge on any atom is -0.497 e. The van der Waals surface area contributed by atoms with Crippen LogP contribution in [0.25, 0.3) is 11.4 Å². The first-order chi connectivity index (χ1) is 15.1. The van der Waals surface area contributed by atoms with Gasteiger partial charge in [-0.2, -0.15) is 4.98 Å². The molecule has 2 aromatic carbocycles. The predicted molar refractivity (Wildman–Crippen MR) is 117 cm³/mol. The van der Waals surface area contributed by atoms with E-state index in [0.29, 0.717) is 24.8 Å². The van der Waals surface area contributed by atoms with Crippen molar-refractivity contribution in [3.8, 4) is 17.1 Å². The largest absolute Gasteiger partial charge is 0.497 e. The van der Waals surface area contributed by atoms with E-state index in [1.807, 2.05) is 66.5 Å². The number of carbonyl (C=O) groups excluding carboxylic acids is 1. The van der Waals surface area contributed by atoms with E-state index in [-0.39, 0.29) is 11.8 Å². The van der Waals surface area contributed by atoms with Crippen molar-refractivity contribution in [2.75, 3.05) is 27.2 Å². The molecule has 0 unspecified atom stereocenters. The average molecular weight is 421 g/mol. The molecule has 1 aromatic heterocycles. The van der Waals surface area contributed by atoms with Gasteiger partial charge in [-0.15, -0.1) is 0 Å². The molecule has 0 bridgehead atoms. The Morgan fingerprint density at radius 3 is 2.52 bits per heavy atom. The van der Waals surface area contributed by atoms with Gasteiger partial charge in [-0.05, 0) is 43.6 Å². The van der Waals surface area contributed by atoms with E-state index in [4.69, 9.17) is 9.26 Å². The smallest absolute Gasteiger partial charge is 0.241 e. The zero-order valence-corrected chi connectivity index (χ0v) is 18.0. The number of ether oxygens (including phenoxy) is 1. The molecule has 0 N–H and O–H groups in total. The third kappa shape index (κ3) is 5.30. The molecule has 0 aliphatic carbocycles. The van der Waals surface area contributed by atoms with Crippen LogP contribution < -0.4 is 4.74 Å². The van der Waals surface area contributed by atoms with Crippen LogP contribution in [0, 0.1) is 5.92 Å². The lowest BCUT2D eigenvalue weighted by Crippen LogP contribution is -2.40. The van der Waals surface area contributed by atoms with Gasteiger partial charge < -0.3 is 14.2 Å². The van der Waals surface area contributed by atoms with Crippen LogP contribution in [0.15, 0.2) is 59.1 Å². The van der Waals surface area contributed by atoms with Crippen molar-refractivity contribution in [1.82, 2.24) is 19.9 Å². The van der Waals surface area contributed by atoms with Gasteiger partial charge in [-0.1, -0.05) is 47.6 Å². The van der Waals surface area contributed by atoms with E-state index in [0.717, 1.165) is 42.8 Å². The normalized spacial score (nSPS) is 15.0. The number of methoxy groups -OCH3 is 1. The second kappa shape index (κ2) is 9.75. The second-order valence-electron chi connectivity index (χ2n) is 7.97. The van der Waals surface area contributed by atoms with Gasteiger partial charge >= 0.3 is 0 Å². The fourth-order valence-corrected chi connectivity index (χ4v) is 3.95. The highest BCUT2D eigenvalue weighted by Gasteiger charge is 2.28. The lowest BCUT2D eigenvalue weighted by atomic mass is 9.95. The molecule has 1 saturated heterocycles. The number of hydrogen-bond donors (Lipinski definition) is 0. The minimum absolute atomic E-state index is 0.0575. The van der Waals surface area contributed by atoms with Crippen molar-refractivity contribution in [3.05, 3.63) is 66.1 Å². The predicted octanol–water partition coefficient (Wildman–Crippen LogP) is 3.62. The number of aromatic nitrogens is 2. The first kappa shape index (κ1) is 21.1. The average Bonchev–Trinajstić information content (AvgIpc) is 3.28. The molecular weight excluding hydrogens is 392 g/mol. The zero-order valence-electron chi connectivity index (χ0n) is 18.0. The summed E-state index contributed by atoms with van der Waals surface area (Å²) in [4.78, 5) is 21.5. The molecule has 31 heavy (non-hydrogen) atoms. The van der Waals surface area contributed by atoms with Crippen LogP contribution in [-0.4, -0.2) is 53.1 Å². The Kier molecular flexibility index (Phi) is 6.62. The number of carbonyl (C=O) groups is 1. The van der Waals surface area contributed by atoms with Crippen molar-refractivity contribution in [3.63, 3.8) is 0 Å². The summed E-state index contributed by atoms with van der Waals surface area (Å²) in [7, 11) is 3.53. The number of benzene rings is 2. The van der Waals surface area contributed by atoms with Crippen LogP contribution in [-0.2, 0) is 17.9 Å². The lowest BCUT2D eigenvalue weighted by molar-refractivity contribution is -0.136. The number of likely N-dealkylation sites (tertiary alicyclic amines) is 1. The van der Waals surface area contributed by atoms with E-state index in [1.165, 1.54) is 0 Å². The summed E-state index contributed by atoms with van der Waals surface area (Å²) < 4.78 is 10.6. The number of hydrogen-bond acceptors (Lipinski definition) is 6. The van der Waals surface area contributed by atoms with E-state index in [2.05, 4.69) is 15.0 Å². The first-order valence-corrected chi connectivity index (χ1v) is 10.6. The van der Waals surface area contributed by atoms with Crippen molar-refractivity contribution < 1.29 is 14.1 Å². The summed E-state index contributed by atoms with van der Waals surface area (Å²) in [6, 6.07) is 17.7. The fraction of sp³-hybridized carbons (Fsp3) is 0.375. The van der Waals surface area contributed by atoms with Crippen LogP contribution >= 0.6 is 0 Å². The number of nitrogens with zero attached hydrogens (tertiary/aromatic N) is 4. The highest BCUT2D eigenvalue weighted by molar-refractivity contribution is 5.78. The third-order valence-corrected chi connectivity index (χ3v) is 5.75. The molecule has 7 nitrogen and oxygen atoms in total. The number of amides is 1. The van der Waals surface area contributed by atoms with Gasteiger partial charge in [0.05, 0.1) is 13.7 Å². The van der Waals surface area contributed by atoms with Crippen LogP contribution in [0.2, 0.25) is 0 Å². The molecule has 1 aliphatic rings. The van der Waals surface area contributed by atoms with Gasteiger partial charge in [0.15, 0.2) is 0 Å². The van der Waals surface area contributed by atoms with Gasteiger partial charge in [-0.3, -0.25) is 9.69 Å². The molecule has 0 radical (unpaired) electrons. The topological polar surface area (TPSA) is 71.7 Å². The SMILES string of the molecule is COc1ccc(CN(C)C(=O)C2CCN(Cc3nc(-c4ccccc4)no3)CC2)cc1. The van der Waals surface area contributed by atoms with Crippen LogP contribution in [0.4, 0.5) is 0 Å². The molecule has 3 aromatic rings. The Bertz CT molecular complexity index is 980. The number of rotatable bonds is 7. The second-order valence-corrected chi connectivity index (χ2v) is 7.97. The standard InChI is InChI=1S/C24H28N4O3/c1-27(16-18-8-10-21(30-2)11-9-18)24(29)20-12-14-28(15-13-20)17-22-25-23(26-31-22)19-6-4-3-5-7-19/h3-11,20H,12-17H2,1-2H3. The van der Waals surface area contributed by atoms with Gasteiger partial charge in [0.2, 0.25) is 17.6 Å². The molecule has 0 atom stereocenters. The van der Waals surface area contributed by atoms with E-state index in [9.17, 15) is 4.79 Å². The molecule has 2 heterocycles. The van der Waals surface area contributed by atoms with Crippen molar-refractivity contribution in [1.29, 1.82) is 0 Å². The molecule has 7 heteroatoms. The molecule has 1 fully saturated rings. The fourth-order valence-electron chi connectivity index (χ4n) is 3.95. The Labute approximate surface area is 182 Å². The van der Waals surface area contributed by atoms with Crippen molar-refractivity contribution in [2.45, 2.75) is 25.9 Å². The van der Waals surface area contributed by atoms with E-state index in [1.54, 1.807) is 7.11 Å². The first-order valence-electron chi connectivity index (χ1n) is 10.6. The summed E-state index contributed by atoms with van der Waals surface area (Å²) in [5, 5.41) is 4.09. The monoisotopic (exact) mass is 420 g/mol. The maximum atomic E-state index is 12.9. The zero-order chi connectivity index (χ0) is 21.6. The summed E-state index contributed by atoms with van der Waals surface area (Å²) in [6.45, 7) is 2.90. The minimum atomic E-state index is 0.0575. The summed E-state index contributed by atoms with van der Waals surface area (Å²) in [5.74, 6) is 2.31. The Morgan fingerprint density at radius 1 is 1.13 bits per heavy atom. The quantitative estimate of drug-likeness (QED) is 0.581. The maximum Gasteiger partial charge on any atom is 0.241 e. The Balaban J connectivity index is 1.26. The van der Waals surface area contributed by atoms with Gasteiger partial charge in [0, 0.05) is 25.1 Å². The molecule has 0 saturated carbocycles. The van der Waals surface area contributed by atoms with E-state index >= 15 is 0 Å². The highest BCUT2D eigenvalue weighted by Crippen LogP contribution is 2.23. The maximum absolute atomic E-state index is 12.9. The molecule has 1 aliphatic heterocycles. The molecule has 1 amide bonds.